The summed E-state index contributed by atoms with van der Waals surface area (Å²) in [5, 5.41) is 0. The predicted molar refractivity (Wildman–Crippen MR) is 85.3 cm³/mol. The van der Waals surface area contributed by atoms with Gasteiger partial charge in [0.2, 0.25) is 0 Å². The van der Waals surface area contributed by atoms with Crippen molar-refractivity contribution >= 4 is 16.9 Å². The Hall–Kier alpha value is -2.49. The first kappa shape index (κ1) is 14.9. The van der Waals surface area contributed by atoms with E-state index < -0.39 is 0 Å². The van der Waals surface area contributed by atoms with Crippen molar-refractivity contribution in [3.8, 4) is 0 Å². The van der Waals surface area contributed by atoms with Crippen LogP contribution in [0.3, 0.4) is 0 Å². The first-order chi connectivity index (χ1) is 10.1. The molecule has 1 aromatic heterocycles. The number of hydrogen-bond acceptors (Lipinski definition) is 3. The van der Waals surface area contributed by atoms with Gasteiger partial charge in [0, 0.05) is 18.7 Å². The molecule has 0 aliphatic heterocycles. The minimum atomic E-state index is -0.0586. The summed E-state index contributed by atoms with van der Waals surface area (Å²) in [5.74, 6) is -0.0586. The number of fused-ring (bicyclic) bond motifs is 1. The molecule has 0 aliphatic rings. The SMILES string of the molecule is C=CCN(CC=C)C(=O)c1ccc2nc(C)c(C)nc2c1. The number of aryl methyl sites for hydroxylation is 2. The molecule has 1 heterocycles. The Morgan fingerprint density at radius 3 is 2.24 bits per heavy atom. The molecule has 4 nitrogen and oxygen atoms in total. The van der Waals surface area contributed by atoms with E-state index in [1.165, 1.54) is 0 Å². The molecule has 4 heteroatoms. The molecule has 21 heavy (non-hydrogen) atoms. The Kier molecular flexibility index (Phi) is 4.48. The van der Waals surface area contributed by atoms with Gasteiger partial charge in [-0.05, 0) is 32.0 Å². The van der Waals surface area contributed by atoms with Crippen LogP contribution in [0.5, 0.6) is 0 Å². The number of nitrogens with zero attached hydrogens (tertiary/aromatic N) is 3. The van der Waals surface area contributed by atoms with E-state index in [1.807, 2.05) is 19.9 Å². The highest BCUT2D eigenvalue weighted by atomic mass is 16.2. The first-order valence-electron chi connectivity index (χ1n) is 6.83. The van der Waals surface area contributed by atoms with Gasteiger partial charge in [0.1, 0.15) is 0 Å². The van der Waals surface area contributed by atoms with Gasteiger partial charge in [0.05, 0.1) is 22.4 Å². The lowest BCUT2D eigenvalue weighted by molar-refractivity contribution is 0.0791. The fraction of sp³-hybridized carbons (Fsp3) is 0.235. The first-order valence-corrected chi connectivity index (χ1v) is 6.83. The molecule has 0 saturated heterocycles. The van der Waals surface area contributed by atoms with Gasteiger partial charge in [-0.15, -0.1) is 13.2 Å². The predicted octanol–water partition coefficient (Wildman–Crippen LogP) is 3.06. The number of carbonyl (C=O) groups excluding carboxylic acids is 1. The third-order valence-corrected chi connectivity index (χ3v) is 3.31. The van der Waals surface area contributed by atoms with Crippen molar-refractivity contribution in [3.63, 3.8) is 0 Å². The van der Waals surface area contributed by atoms with E-state index in [4.69, 9.17) is 0 Å². The van der Waals surface area contributed by atoms with Crippen molar-refractivity contribution in [1.82, 2.24) is 14.9 Å². The van der Waals surface area contributed by atoms with Gasteiger partial charge in [0.15, 0.2) is 0 Å². The summed E-state index contributed by atoms with van der Waals surface area (Å²) in [7, 11) is 0. The molecule has 0 saturated carbocycles. The van der Waals surface area contributed by atoms with Crippen LogP contribution in [0, 0.1) is 13.8 Å². The summed E-state index contributed by atoms with van der Waals surface area (Å²) in [6, 6.07) is 5.41. The Morgan fingerprint density at radius 2 is 1.67 bits per heavy atom. The lowest BCUT2D eigenvalue weighted by atomic mass is 10.1. The molecule has 0 spiro atoms. The van der Waals surface area contributed by atoms with E-state index in [1.54, 1.807) is 29.2 Å². The second-order valence-corrected chi connectivity index (χ2v) is 4.89. The zero-order valence-corrected chi connectivity index (χ0v) is 12.5. The third kappa shape index (κ3) is 3.16. The average Bonchev–Trinajstić information content (AvgIpc) is 2.47. The molecule has 0 bridgehead atoms. The maximum absolute atomic E-state index is 12.5. The van der Waals surface area contributed by atoms with Gasteiger partial charge in [-0.3, -0.25) is 4.79 Å². The second-order valence-electron chi connectivity index (χ2n) is 4.89. The molecular formula is C17H19N3O. The lowest BCUT2D eigenvalue weighted by Gasteiger charge is -2.19. The minimum Gasteiger partial charge on any atom is -0.331 e. The maximum Gasteiger partial charge on any atom is 0.254 e. The molecule has 0 N–H and O–H groups in total. The molecule has 1 amide bonds. The normalized spacial score (nSPS) is 10.4. The van der Waals surface area contributed by atoms with Crippen LogP contribution in [-0.2, 0) is 0 Å². The van der Waals surface area contributed by atoms with Gasteiger partial charge in [0.25, 0.3) is 5.91 Å². The summed E-state index contributed by atoms with van der Waals surface area (Å²) in [6.45, 7) is 12.2. The minimum absolute atomic E-state index is 0.0586. The molecular weight excluding hydrogens is 262 g/mol. The number of hydrogen-bond donors (Lipinski definition) is 0. The summed E-state index contributed by atoms with van der Waals surface area (Å²) in [5.41, 5.74) is 3.92. The average molecular weight is 281 g/mol. The highest BCUT2D eigenvalue weighted by molar-refractivity contribution is 5.97. The largest absolute Gasteiger partial charge is 0.331 e. The highest BCUT2D eigenvalue weighted by Gasteiger charge is 2.14. The van der Waals surface area contributed by atoms with Gasteiger partial charge in [-0.2, -0.15) is 0 Å². The molecule has 0 unspecified atom stereocenters. The summed E-state index contributed by atoms with van der Waals surface area (Å²) < 4.78 is 0. The fourth-order valence-electron chi connectivity index (χ4n) is 2.10. The number of aromatic nitrogens is 2. The van der Waals surface area contributed by atoms with Crippen LogP contribution >= 0.6 is 0 Å². The van der Waals surface area contributed by atoms with Gasteiger partial charge < -0.3 is 4.90 Å². The molecule has 2 rings (SSSR count). The van der Waals surface area contributed by atoms with Crippen LogP contribution in [0.25, 0.3) is 11.0 Å². The van der Waals surface area contributed by atoms with E-state index in [2.05, 4.69) is 23.1 Å². The highest BCUT2D eigenvalue weighted by Crippen LogP contribution is 2.16. The second kappa shape index (κ2) is 6.31. The Balaban J connectivity index is 2.41. The molecule has 0 radical (unpaired) electrons. The van der Waals surface area contributed by atoms with E-state index >= 15 is 0 Å². The molecule has 108 valence electrons. The molecule has 0 fully saturated rings. The molecule has 1 aromatic carbocycles. The summed E-state index contributed by atoms with van der Waals surface area (Å²) in [4.78, 5) is 23.1. The Bertz CT molecular complexity index is 696. The number of carbonyl (C=O) groups is 1. The van der Waals surface area contributed by atoms with Gasteiger partial charge in [-0.1, -0.05) is 12.2 Å². The summed E-state index contributed by atoms with van der Waals surface area (Å²) >= 11 is 0. The third-order valence-electron chi connectivity index (χ3n) is 3.31. The van der Waals surface area contributed by atoms with E-state index in [-0.39, 0.29) is 5.91 Å². The standard InChI is InChI=1S/C17H19N3O/c1-5-9-20(10-6-2)17(21)14-7-8-15-16(11-14)19-13(4)12(3)18-15/h5-8,11H,1-2,9-10H2,3-4H3. The number of benzene rings is 1. The van der Waals surface area contributed by atoms with Crippen molar-refractivity contribution in [1.29, 1.82) is 0 Å². The monoisotopic (exact) mass is 281 g/mol. The number of rotatable bonds is 5. The molecule has 2 aromatic rings. The Labute approximate surface area is 124 Å². The van der Waals surface area contributed by atoms with E-state index in [9.17, 15) is 4.79 Å². The quantitative estimate of drug-likeness (QED) is 0.791. The van der Waals surface area contributed by atoms with E-state index in [0.717, 1.165) is 22.4 Å². The van der Waals surface area contributed by atoms with Gasteiger partial charge in [-0.25, -0.2) is 9.97 Å². The van der Waals surface area contributed by atoms with Crippen molar-refractivity contribution in [3.05, 3.63) is 60.5 Å². The van der Waals surface area contributed by atoms with Crippen LogP contribution in [0.2, 0.25) is 0 Å². The van der Waals surface area contributed by atoms with Crippen LogP contribution in [-0.4, -0.2) is 33.9 Å². The maximum atomic E-state index is 12.5. The van der Waals surface area contributed by atoms with Crippen LogP contribution in [0.15, 0.2) is 43.5 Å². The van der Waals surface area contributed by atoms with Crippen molar-refractivity contribution < 1.29 is 4.79 Å². The van der Waals surface area contributed by atoms with Crippen molar-refractivity contribution in [2.45, 2.75) is 13.8 Å². The summed E-state index contributed by atoms with van der Waals surface area (Å²) in [6.07, 6.45) is 3.41. The smallest absolute Gasteiger partial charge is 0.254 e. The Morgan fingerprint density at radius 1 is 1.10 bits per heavy atom. The van der Waals surface area contributed by atoms with Gasteiger partial charge >= 0.3 is 0 Å². The van der Waals surface area contributed by atoms with E-state index in [0.29, 0.717) is 18.7 Å². The topological polar surface area (TPSA) is 46.1 Å². The van der Waals surface area contributed by atoms with Crippen LogP contribution in [0.1, 0.15) is 21.7 Å². The van der Waals surface area contributed by atoms with Crippen molar-refractivity contribution in [2.24, 2.45) is 0 Å². The molecule has 0 aliphatic carbocycles. The van der Waals surface area contributed by atoms with Crippen LogP contribution < -0.4 is 0 Å². The van der Waals surface area contributed by atoms with Crippen LogP contribution in [0.4, 0.5) is 0 Å². The fourth-order valence-corrected chi connectivity index (χ4v) is 2.10. The number of amides is 1. The zero-order valence-electron chi connectivity index (χ0n) is 12.5. The molecule has 0 atom stereocenters. The lowest BCUT2D eigenvalue weighted by Crippen LogP contribution is -2.31. The zero-order chi connectivity index (χ0) is 15.4. The van der Waals surface area contributed by atoms with Crippen molar-refractivity contribution in [2.75, 3.05) is 13.1 Å².